The van der Waals surface area contributed by atoms with E-state index in [-0.39, 0.29) is 0 Å². The van der Waals surface area contributed by atoms with E-state index < -0.39 is 19.8 Å². The second-order valence-electron chi connectivity index (χ2n) is 8.38. The SMILES string of the molecule is CCCCCCCCCCCCCCCCCCSC(=O)CC.[CH3][Sn+]([CH3])[CH3]. The summed E-state index contributed by atoms with van der Waals surface area (Å²) in [5.41, 5.74) is 0. The van der Waals surface area contributed by atoms with Crippen molar-refractivity contribution < 1.29 is 4.79 Å². The molecular weight excluding hydrogens is 455 g/mol. The monoisotopic (exact) mass is 507 g/mol. The Balaban J connectivity index is 0. The van der Waals surface area contributed by atoms with Crippen LogP contribution in [0.15, 0.2) is 0 Å². The Hall–Kier alpha value is 0.819. The van der Waals surface area contributed by atoms with Crippen molar-refractivity contribution in [3.05, 3.63) is 0 Å². The van der Waals surface area contributed by atoms with Crippen molar-refractivity contribution in [3.63, 3.8) is 0 Å². The number of rotatable bonds is 18. The molecule has 0 aliphatic rings. The molecule has 1 nitrogen and oxygen atoms in total. The third-order valence-corrected chi connectivity index (χ3v) is 5.65. The molecule has 0 spiro atoms. The zero-order valence-electron chi connectivity index (χ0n) is 19.5. The van der Waals surface area contributed by atoms with Gasteiger partial charge in [0, 0.05) is 12.2 Å². The molecule has 0 N–H and O–H groups in total. The van der Waals surface area contributed by atoms with Gasteiger partial charge in [0.05, 0.1) is 0 Å². The maximum atomic E-state index is 11.1. The molecule has 162 valence electrons. The van der Waals surface area contributed by atoms with Crippen molar-refractivity contribution in [2.45, 2.75) is 138 Å². The fourth-order valence-electron chi connectivity index (χ4n) is 2.94. The fraction of sp³-hybridized carbons (Fsp3) is 0.958. The third-order valence-electron chi connectivity index (χ3n) is 4.55. The van der Waals surface area contributed by atoms with Gasteiger partial charge in [0.15, 0.2) is 5.12 Å². The van der Waals surface area contributed by atoms with Crippen molar-refractivity contribution in [1.29, 1.82) is 0 Å². The Labute approximate surface area is 184 Å². The second-order valence-corrected chi connectivity index (χ2v) is 18.1. The molecule has 0 amide bonds. The molecule has 27 heavy (non-hydrogen) atoms. The summed E-state index contributed by atoms with van der Waals surface area (Å²) in [7, 11) is 0. The van der Waals surface area contributed by atoms with Gasteiger partial charge < -0.3 is 0 Å². The van der Waals surface area contributed by atoms with E-state index in [1.165, 1.54) is 114 Å². The van der Waals surface area contributed by atoms with Crippen molar-refractivity contribution in [1.82, 2.24) is 0 Å². The number of hydrogen-bond donors (Lipinski definition) is 0. The summed E-state index contributed by atoms with van der Waals surface area (Å²) >= 11 is 0.981. The van der Waals surface area contributed by atoms with Gasteiger partial charge in [-0.15, -0.1) is 0 Å². The zero-order chi connectivity index (χ0) is 20.6. The summed E-state index contributed by atoms with van der Waals surface area (Å²) in [5, 5.41) is 0.353. The van der Waals surface area contributed by atoms with Crippen LogP contribution in [0.3, 0.4) is 0 Å². The summed E-state index contributed by atoms with van der Waals surface area (Å²) < 4.78 is 0. The van der Waals surface area contributed by atoms with Gasteiger partial charge in [-0.05, 0) is 6.42 Å². The van der Waals surface area contributed by atoms with Crippen molar-refractivity contribution in [2.24, 2.45) is 0 Å². The molecular formula is C24H51OSSn+. The molecule has 0 radical (unpaired) electrons. The van der Waals surface area contributed by atoms with Gasteiger partial charge in [-0.25, -0.2) is 0 Å². The molecule has 0 bridgehead atoms. The van der Waals surface area contributed by atoms with Gasteiger partial charge in [-0.1, -0.05) is 122 Å². The Morgan fingerprint density at radius 1 is 0.593 bits per heavy atom. The summed E-state index contributed by atoms with van der Waals surface area (Å²) in [6.07, 6.45) is 23.2. The standard InChI is InChI=1S/C21H42OS.3CH3.Sn/c1-3-5-6-7-8-9-10-11-12-13-14-15-16-17-18-19-20-23-21(22)4-2;;;;/h3-20H2,1-2H3;3*1H3;/q;;;;+1. The van der Waals surface area contributed by atoms with Gasteiger partial charge >= 0.3 is 34.6 Å². The number of carbonyl (C=O) groups is 1. The molecule has 0 aliphatic heterocycles. The van der Waals surface area contributed by atoms with E-state index in [4.69, 9.17) is 0 Å². The Morgan fingerprint density at radius 3 is 1.19 bits per heavy atom. The molecule has 0 saturated carbocycles. The first-order valence-electron chi connectivity index (χ1n) is 12.0. The van der Waals surface area contributed by atoms with E-state index >= 15 is 0 Å². The predicted molar refractivity (Wildman–Crippen MR) is 131 cm³/mol. The first kappa shape index (κ1) is 30.0. The maximum absolute atomic E-state index is 11.1. The molecule has 0 saturated heterocycles. The van der Waals surface area contributed by atoms with E-state index in [1.807, 2.05) is 6.92 Å². The second kappa shape index (κ2) is 26.8. The van der Waals surface area contributed by atoms with Crippen molar-refractivity contribution in [2.75, 3.05) is 5.75 Å². The van der Waals surface area contributed by atoms with Crippen LogP contribution in [0.1, 0.15) is 123 Å². The van der Waals surface area contributed by atoms with Crippen LogP contribution in [-0.2, 0) is 4.79 Å². The zero-order valence-corrected chi connectivity index (χ0v) is 23.2. The average molecular weight is 506 g/mol. The van der Waals surface area contributed by atoms with Crippen LogP contribution in [-0.4, -0.2) is 30.6 Å². The molecule has 0 fully saturated rings. The van der Waals surface area contributed by atoms with Crippen LogP contribution in [0.25, 0.3) is 0 Å². The van der Waals surface area contributed by atoms with Crippen LogP contribution in [0.2, 0.25) is 14.8 Å². The molecule has 0 unspecified atom stereocenters. The van der Waals surface area contributed by atoms with Crippen LogP contribution in [0, 0.1) is 0 Å². The molecule has 3 heteroatoms. The average Bonchev–Trinajstić information content (AvgIpc) is 2.63. The Kier molecular flexibility index (Phi) is 29.8. The van der Waals surface area contributed by atoms with E-state index in [9.17, 15) is 4.79 Å². The Morgan fingerprint density at radius 2 is 0.889 bits per heavy atom. The number of hydrogen-bond acceptors (Lipinski definition) is 2. The summed E-state index contributed by atoms with van der Waals surface area (Å²) in [5.74, 6) is 1.03. The van der Waals surface area contributed by atoms with E-state index in [0.717, 1.165) is 5.75 Å². The summed E-state index contributed by atoms with van der Waals surface area (Å²) in [6, 6.07) is 0. The molecule has 0 aromatic heterocycles. The fourth-order valence-corrected chi connectivity index (χ4v) is 3.72. The molecule has 0 atom stereocenters. The molecule has 0 rings (SSSR count). The van der Waals surface area contributed by atoms with Gasteiger partial charge in [-0.3, -0.25) is 4.79 Å². The quantitative estimate of drug-likeness (QED) is 0.136. The molecule has 0 aromatic rings. The minimum absolute atomic E-state index is 0.353. The first-order chi connectivity index (χ1) is 13.0. The number of unbranched alkanes of at least 4 members (excludes halogenated alkanes) is 15. The number of carbonyl (C=O) groups excluding carboxylic acids is 1. The van der Waals surface area contributed by atoms with E-state index in [2.05, 4.69) is 21.7 Å². The number of thioether (sulfide) groups is 1. The van der Waals surface area contributed by atoms with Gasteiger partial charge in [0.1, 0.15) is 0 Å². The van der Waals surface area contributed by atoms with Crippen LogP contribution in [0.5, 0.6) is 0 Å². The van der Waals surface area contributed by atoms with Crippen LogP contribution >= 0.6 is 11.8 Å². The first-order valence-corrected chi connectivity index (χ1v) is 21.5. The topological polar surface area (TPSA) is 17.1 Å². The molecule has 0 aromatic carbocycles. The minimum atomic E-state index is -0.543. The van der Waals surface area contributed by atoms with Crippen molar-refractivity contribution in [3.8, 4) is 0 Å². The van der Waals surface area contributed by atoms with Gasteiger partial charge in [-0.2, -0.15) is 0 Å². The summed E-state index contributed by atoms with van der Waals surface area (Å²) in [6.45, 7) is 4.23. The molecule has 0 heterocycles. The normalized spacial score (nSPS) is 10.4. The van der Waals surface area contributed by atoms with Crippen LogP contribution < -0.4 is 0 Å². The Bertz CT molecular complexity index is 279. The summed E-state index contributed by atoms with van der Waals surface area (Å²) in [4.78, 5) is 18.2. The molecule has 0 aliphatic carbocycles. The third kappa shape index (κ3) is 34.7. The van der Waals surface area contributed by atoms with Gasteiger partial charge in [0.2, 0.25) is 0 Å². The van der Waals surface area contributed by atoms with E-state index in [1.54, 1.807) is 0 Å². The van der Waals surface area contributed by atoms with E-state index in [0.29, 0.717) is 11.5 Å². The van der Waals surface area contributed by atoms with Gasteiger partial charge in [0.25, 0.3) is 0 Å². The van der Waals surface area contributed by atoms with Crippen molar-refractivity contribution >= 4 is 36.6 Å². The predicted octanol–water partition coefficient (Wildman–Crippen LogP) is 9.29. The van der Waals surface area contributed by atoms with Crippen LogP contribution in [0.4, 0.5) is 0 Å².